The summed E-state index contributed by atoms with van der Waals surface area (Å²) in [6, 6.07) is 0.668. The van der Waals surface area contributed by atoms with Crippen LogP contribution in [0.15, 0.2) is 12.4 Å². The minimum atomic E-state index is 0.531. The van der Waals surface area contributed by atoms with Gasteiger partial charge in [0.2, 0.25) is 0 Å². The topological polar surface area (TPSA) is 17.8 Å². The molecule has 1 aromatic rings. The second-order valence-electron chi connectivity index (χ2n) is 3.32. The molecular weight excluding hydrogens is 172 g/mol. The van der Waals surface area contributed by atoms with E-state index in [4.69, 9.17) is 11.6 Å². The molecule has 3 heteroatoms. The fourth-order valence-corrected chi connectivity index (χ4v) is 2.17. The predicted molar refractivity (Wildman–Crippen MR) is 49.3 cm³/mol. The molecule has 2 rings (SSSR count). The first-order valence-electron chi connectivity index (χ1n) is 4.49. The molecule has 1 aliphatic rings. The van der Waals surface area contributed by atoms with Gasteiger partial charge in [-0.25, -0.2) is 4.98 Å². The summed E-state index contributed by atoms with van der Waals surface area (Å²) in [6.45, 7) is 0. The van der Waals surface area contributed by atoms with Crippen molar-refractivity contribution in [2.45, 2.75) is 37.6 Å². The maximum Gasteiger partial charge on any atom is 0.123 e. The van der Waals surface area contributed by atoms with Crippen LogP contribution < -0.4 is 0 Å². The molecule has 1 fully saturated rings. The molecule has 1 heterocycles. The molecule has 1 aromatic heterocycles. The maximum absolute atomic E-state index is 5.77. The number of imidazole rings is 1. The molecule has 66 valence electrons. The van der Waals surface area contributed by atoms with Crippen molar-refractivity contribution in [3.05, 3.63) is 18.2 Å². The molecule has 0 atom stereocenters. The Kier molecular flexibility index (Phi) is 2.35. The molecule has 2 nitrogen and oxygen atoms in total. The van der Waals surface area contributed by atoms with Gasteiger partial charge in [-0.1, -0.05) is 12.8 Å². The zero-order chi connectivity index (χ0) is 8.39. The summed E-state index contributed by atoms with van der Waals surface area (Å²) in [6.07, 6.45) is 9.18. The van der Waals surface area contributed by atoms with Crippen LogP contribution in [-0.2, 0) is 5.88 Å². The van der Waals surface area contributed by atoms with Crippen molar-refractivity contribution >= 4 is 11.6 Å². The second kappa shape index (κ2) is 3.48. The van der Waals surface area contributed by atoms with Crippen LogP contribution in [0.25, 0.3) is 0 Å². The first-order chi connectivity index (χ1) is 5.92. The Labute approximate surface area is 77.6 Å². The van der Waals surface area contributed by atoms with Gasteiger partial charge < -0.3 is 4.57 Å². The van der Waals surface area contributed by atoms with Crippen molar-refractivity contribution in [1.29, 1.82) is 0 Å². The molecule has 0 N–H and O–H groups in total. The normalized spacial score (nSPS) is 18.8. The van der Waals surface area contributed by atoms with Gasteiger partial charge in [-0.05, 0) is 12.8 Å². The van der Waals surface area contributed by atoms with E-state index in [-0.39, 0.29) is 0 Å². The Hall–Kier alpha value is -0.500. The number of hydrogen-bond donors (Lipinski definition) is 0. The van der Waals surface area contributed by atoms with Crippen LogP contribution in [-0.4, -0.2) is 9.55 Å². The van der Waals surface area contributed by atoms with Gasteiger partial charge in [0.05, 0.1) is 5.88 Å². The number of halogens is 1. The van der Waals surface area contributed by atoms with Gasteiger partial charge in [0, 0.05) is 18.4 Å². The van der Waals surface area contributed by atoms with Crippen LogP contribution in [0.1, 0.15) is 37.5 Å². The van der Waals surface area contributed by atoms with E-state index in [2.05, 4.69) is 9.55 Å². The number of rotatable bonds is 2. The number of nitrogens with zero attached hydrogens (tertiary/aromatic N) is 2. The molecule has 0 aliphatic heterocycles. The van der Waals surface area contributed by atoms with Crippen LogP contribution >= 0.6 is 11.6 Å². The molecule has 0 saturated heterocycles. The highest BCUT2D eigenvalue weighted by molar-refractivity contribution is 6.16. The molecule has 0 bridgehead atoms. The molecule has 12 heavy (non-hydrogen) atoms. The third-order valence-electron chi connectivity index (χ3n) is 2.59. The highest BCUT2D eigenvalue weighted by atomic mass is 35.5. The highest BCUT2D eigenvalue weighted by Gasteiger charge is 2.18. The lowest BCUT2D eigenvalue weighted by Crippen LogP contribution is -2.06. The summed E-state index contributed by atoms with van der Waals surface area (Å²) in [4.78, 5) is 4.21. The van der Waals surface area contributed by atoms with Crippen LogP contribution in [0.4, 0.5) is 0 Å². The SMILES string of the molecule is ClCc1nccn1C1CCCC1. The Morgan fingerprint density at radius 2 is 2.25 bits per heavy atom. The average molecular weight is 185 g/mol. The Balaban J connectivity index is 2.19. The van der Waals surface area contributed by atoms with Crippen LogP contribution in [0.2, 0.25) is 0 Å². The molecule has 1 saturated carbocycles. The summed E-state index contributed by atoms with van der Waals surface area (Å²) in [5.74, 6) is 1.55. The molecule has 0 unspecified atom stereocenters. The van der Waals surface area contributed by atoms with E-state index < -0.39 is 0 Å². The largest absolute Gasteiger partial charge is 0.331 e. The van der Waals surface area contributed by atoms with Crippen molar-refractivity contribution in [3.8, 4) is 0 Å². The van der Waals surface area contributed by atoms with Gasteiger partial charge in [-0.15, -0.1) is 11.6 Å². The van der Waals surface area contributed by atoms with Gasteiger partial charge in [0.1, 0.15) is 5.82 Å². The summed E-state index contributed by atoms with van der Waals surface area (Å²) in [5, 5.41) is 0. The average Bonchev–Trinajstić information content (AvgIpc) is 2.74. The fraction of sp³-hybridized carbons (Fsp3) is 0.667. The van der Waals surface area contributed by atoms with Crippen molar-refractivity contribution in [2.75, 3.05) is 0 Å². The molecule has 0 aromatic carbocycles. The fourth-order valence-electron chi connectivity index (χ4n) is 1.96. The maximum atomic E-state index is 5.77. The van der Waals surface area contributed by atoms with E-state index in [0.717, 1.165) is 5.82 Å². The third-order valence-corrected chi connectivity index (χ3v) is 2.83. The lowest BCUT2D eigenvalue weighted by Gasteiger charge is -2.12. The van der Waals surface area contributed by atoms with Crippen LogP contribution in [0.3, 0.4) is 0 Å². The Morgan fingerprint density at radius 1 is 1.50 bits per heavy atom. The second-order valence-corrected chi connectivity index (χ2v) is 3.59. The predicted octanol–water partition coefficient (Wildman–Crippen LogP) is 2.74. The molecular formula is C9H13ClN2. The lowest BCUT2D eigenvalue weighted by molar-refractivity contribution is 0.504. The van der Waals surface area contributed by atoms with E-state index in [1.165, 1.54) is 25.7 Å². The van der Waals surface area contributed by atoms with Gasteiger partial charge in [0.25, 0.3) is 0 Å². The van der Waals surface area contributed by atoms with E-state index in [1.807, 2.05) is 12.4 Å². The molecule has 1 aliphatic carbocycles. The Morgan fingerprint density at radius 3 is 2.92 bits per heavy atom. The van der Waals surface area contributed by atoms with E-state index in [0.29, 0.717) is 11.9 Å². The van der Waals surface area contributed by atoms with Gasteiger partial charge >= 0.3 is 0 Å². The summed E-state index contributed by atoms with van der Waals surface area (Å²) >= 11 is 5.77. The first-order valence-corrected chi connectivity index (χ1v) is 5.03. The van der Waals surface area contributed by atoms with Crippen LogP contribution in [0.5, 0.6) is 0 Å². The Bertz CT molecular complexity index is 251. The van der Waals surface area contributed by atoms with Gasteiger partial charge in [0.15, 0.2) is 0 Å². The van der Waals surface area contributed by atoms with E-state index in [9.17, 15) is 0 Å². The van der Waals surface area contributed by atoms with Gasteiger partial charge in [-0.3, -0.25) is 0 Å². The van der Waals surface area contributed by atoms with Crippen molar-refractivity contribution in [1.82, 2.24) is 9.55 Å². The minimum Gasteiger partial charge on any atom is -0.331 e. The molecule has 0 amide bonds. The molecule has 0 spiro atoms. The zero-order valence-corrected chi connectivity index (χ0v) is 7.80. The number of hydrogen-bond acceptors (Lipinski definition) is 1. The highest BCUT2D eigenvalue weighted by Crippen LogP contribution is 2.30. The lowest BCUT2D eigenvalue weighted by atomic mass is 10.2. The number of aromatic nitrogens is 2. The summed E-state index contributed by atoms with van der Waals surface area (Å²) < 4.78 is 2.24. The van der Waals surface area contributed by atoms with Crippen LogP contribution in [0, 0.1) is 0 Å². The van der Waals surface area contributed by atoms with E-state index >= 15 is 0 Å². The summed E-state index contributed by atoms with van der Waals surface area (Å²) in [7, 11) is 0. The number of alkyl halides is 1. The van der Waals surface area contributed by atoms with Crippen molar-refractivity contribution < 1.29 is 0 Å². The minimum absolute atomic E-state index is 0.531. The molecule has 0 radical (unpaired) electrons. The van der Waals surface area contributed by atoms with Gasteiger partial charge in [-0.2, -0.15) is 0 Å². The zero-order valence-electron chi connectivity index (χ0n) is 7.04. The standard InChI is InChI=1S/C9H13ClN2/c10-7-9-11-5-6-12(9)8-3-1-2-4-8/h5-6,8H,1-4,7H2. The smallest absolute Gasteiger partial charge is 0.123 e. The third kappa shape index (κ3) is 1.36. The monoisotopic (exact) mass is 184 g/mol. The quantitative estimate of drug-likeness (QED) is 0.647. The van der Waals surface area contributed by atoms with E-state index in [1.54, 1.807) is 0 Å². The summed E-state index contributed by atoms with van der Waals surface area (Å²) in [5.41, 5.74) is 0. The van der Waals surface area contributed by atoms with Crippen molar-refractivity contribution in [3.63, 3.8) is 0 Å². The first kappa shape index (κ1) is 8.11. The van der Waals surface area contributed by atoms with Crippen molar-refractivity contribution in [2.24, 2.45) is 0 Å².